The summed E-state index contributed by atoms with van der Waals surface area (Å²) in [5, 5.41) is -0.00114. The predicted molar refractivity (Wildman–Crippen MR) is 101 cm³/mol. The average molecular weight is 389 g/mol. The quantitative estimate of drug-likeness (QED) is 0.711. The molecule has 0 spiro atoms. The SMILES string of the molecule is COc1ccccc1C1=C(SC(C)C)C(=O)N(c2cc(F)ccc2F)C1=O. The molecule has 2 aromatic rings. The molecule has 0 saturated heterocycles. The van der Waals surface area contributed by atoms with Crippen molar-refractivity contribution in [1.82, 2.24) is 0 Å². The van der Waals surface area contributed by atoms with Gasteiger partial charge in [0, 0.05) is 16.9 Å². The molecule has 0 aromatic heterocycles. The number of carbonyl (C=O) groups excluding carboxylic acids is 2. The first-order valence-electron chi connectivity index (χ1n) is 8.23. The van der Waals surface area contributed by atoms with Crippen LogP contribution >= 0.6 is 11.8 Å². The van der Waals surface area contributed by atoms with Gasteiger partial charge in [0.05, 0.1) is 23.3 Å². The Morgan fingerprint density at radius 1 is 1.04 bits per heavy atom. The summed E-state index contributed by atoms with van der Waals surface area (Å²) >= 11 is 1.20. The number of nitrogens with zero attached hydrogens (tertiary/aromatic N) is 1. The van der Waals surface area contributed by atoms with Crippen LogP contribution in [0.4, 0.5) is 14.5 Å². The van der Waals surface area contributed by atoms with Crippen LogP contribution in [-0.2, 0) is 9.59 Å². The third-order valence-electron chi connectivity index (χ3n) is 3.92. The first kappa shape index (κ1) is 19.1. The molecule has 0 N–H and O–H groups in total. The van der Waals surface area contributed by atoms with Crippen molar-refractivity contribution in [3.63, 3.8) is 0 Å². The molecule has 2 amide bonds. The summed E-state index contributed by atoms with van der Waals surface area (Å²) < 4.78 is 33.2. The van der Waals surface area contributed by atoms with Crippen LogP contribution in [-0.4, -0.2) is 24.2 Å². The maximum absolute atomic E-state index is 14.3. The van der Waals surface area contributed by atoms with E-state index in [0.717, 1.165) is 18.2 Å². The molecule has 1 aliphatic rings. The van der Waals surface area contributed by atoms with Crippen LogP contribution in [0.25, 0.3) is 5.57 Å². The Kier molecular flexibility index (Phi) is 5.32. The fraction of sp³-hybridized carbons (Fsp3) is 0.200. The van der Waals surface area contributed by atoms with Crippen LogP contribution in [0, 0.1) is 11.6 Å². The second-order valence-corrected chi connectivity index (χ2v) is 7.70. The van der Waals surface area contributed by atoms with E-state index in [1.807, 2.05) is 13.8 Å². The molecule has 27 heavy (non-hydrogen) atoms. The van der Waals surface area contributed by atoms with Crippen LogP contribution in [0.5, 0.6) is 5.75 Å². The number of hydrogen-bond donors (Lipinski definition) is 0. The first-order valence-corrected chi connectivity index (χ1v) is 9.11. The van der Waals surface area contributed by atoms with Crippen LogP contribution in [0.2, 0.25) is 0 Å². The molecule has 3 rings (SSSR count). The van der Waals surface area contributed by atoms with E-state index in [2.05, 4.69) is 0 Å². The molecule has 0 unspecified atom stereocenters. The number of carbonyl (C=O) groups is 2. The number of methoxy groups -OCH3 is 1. The number of halogens is 2. The number of para-hydroxylation sites is 1. The van der Waals surface area contributed by atoms with E-state index >= 15 is 0 Å². The molecular formula is C20H17F2NO3S. The molecule has 0 saturated carbocycles. The van der Waals surface area contributed by atoms with Gasteiger partial charge in [0.25, 0.3) is 11.8 Å². The van der Waals surface area contributed by atoms with Crippen LogP contribution < -0.4 is 9.64 Å². The summed E-state index contributed by atoms with van der Waals surface area (Å²) in [6.07, 6.45) is 0. The summed E-state index contributed by atoms with van der Waals surface area (Å²) in [7, 11) is 1.46. The number of anilines is 1. The van der Waals surface area contributed by atoms with Crippen LogP contribution in [0.15, 0.2) is 47.4 Å². The molecule has 0 radical (unpaired) electrons. The van der Waals surface area contributed by atoms with E-state index in [-0.39, 0.29) is 15.7 Å². The number of benzene rings is 2. The summed E-state index contributed by atoms with van der Waals surface area (Å²) in [5.74, 6) is -2.57. The zero-order valence-electron chi connectivity index (χ0n) is 15.0. The fourth-order valence-corrected chi connectivity index (χ4v) is 3.80. The molecule has 140 valence electrons. The van der Waals surface area contributed by atoms with Crippen molar-refractivity contribution < 1.29 is 23.1 Å². The molecule has 2 aromatic carbocycles. The molecule has 4 nitrogen and oxygen atoms in total. The lowest BCUT2D eigenvalue weighted by molar-refractivity contribution is -0.119. The summed E-state index contributed by atoms with van der Waals surface area (Å²) in [4.78, 5) is 27.0. The maximum atomic E-state index is 14.3. The Hall–Kier alpha value is -2.67. The second-order valence-electron chi connectivity index (χ2n) is 6.11. The Bertz CT molecular complexity index is 956. The smallest absolute Gasteiger partial charge is 0.272 e. The molecular weight excluding hydrogens is 372 g/mol. The minimum atomic E-state index is -0.853. The average Bonchev–Trinajstić information content (AvgIpc) is 2.86. The van der Waals surface area contributed by atoms with Gasteiger partial charge in [-0.25, -0.2) is 13.7 Å². The Balaban J connectivity index is 2.19. The number of thioether (sulfide) groups is 1. The van der Waals surface area contributed by atoms with E-state index in [9.17, 15) is 18.4 Å². The van der Waals surface area contributed by atoms with Gasteiger partial charge in [-0.2, -0.15) is 0 Å². The maximum Gasteiger partial charge on any atom is 0.272 e. The Morgan fingerprint density at radius 3 is 2.41 bits per heavy atom. The zero-order chi connectivity index (χ0) is 19.7. The molecule has 1 aliphatic heterocycles. The molecule has 0 bridgehead atoms. The summed E-state index contributed by atoms with van der Waals surface area (Å²) in [6, 6.07) is 9.45. The first-order chi connectivity index (χ1) is 12.8. The van der Waals surface area contributed by atoms with E-state index in [1.54, 1.807) is 24.3 Å². The van der Waals surface area contributed by atoms with Crippen molar-refractivity contribution in [2.45, 2.75) is 19.1 Å². The highest BCUT2D eigenvalue weighted by atomic mass is 32.2. The number of amides is 2. The lowest BCUT2D eigenvalue weighted by Gasteiger charge is -2.16. The topological polar surface area (TPSA) is 46.6 Å². The van der Waals surface area contributed by atoms with Gasteiger partial charge >= 0.3 is 0 Å². The number of ether oxygens (including phenoxy) is 1. The summed E-state index contributed by atoms with van der Waals surface area (Å²) in [6.45, 7) is 3.75. The highest BCUT2D eigenvalue weighted by Crippen LogP contribution is 2.42. The summed E-state index contributed by atoms with van der Waals surface area (Å²) in [5.41, 5.74) is 0.150. The molecule has 1 heterocycles. The van der Waals surface area contributed by atoms with Crippen molar-refractivity contribution in [1.29, 1.82) is 0 Å². The lowest BCUT2D eigenvalue weighted by Crippen LogP contribution is -2.32. The molecule has 7 heteroatoms. The van der Waals surface area contributed by atoms with Crippen molar-refractivity contribution >= 4 is 34.8 Å². The van der Waals surface area contributed by atoms with Crippen molar-refractivity contribution in [2.75, 3.05) is 12.0 Å². The third-order valence-corrected chi connectivity index (χ3v) is 5.01. The van der Waals surface area contributed by atoms with E-state index in [0.29, 0.717) is 16.2 Å². The number of imide groups is 1. The molecule has 0 aliphatic carbocycles. The van der Waals surface area contributed by atoms with E-state index in [4.69, 9.17) is 4.74 Å². The van der Waals surface area contributed by atoms with Gasteiger partial charge in [-0.1, -0.05) is 32.0 Å². The Labute approximate surface area is 159 Å². The highest BCUT2D eigenvalue weighted by molar-refractivity contribution is 8.04. The van der Waals surface area contributed by atoms with Gasteiger partial charge in [-0.3, -0.25) is 9.59 Å². The normalized spacial score (nSPS) is 14.5. The minimum Gasteiger partial charge on any atom is -0.496 e. The number of rotatable bonds is 5. The van der Waals surface area contributed by atoms with Crippen molar-refractivity contribution in [2.24, 2.45) is 0 Å². The molecule has 0 fully saturated rings. The van der Waals surface area contributed by atoms with Crippen molar-refractivity contribution in [3.8, 4) is 5.75 Å². The van der Waals surface area contributed by atoms with Crippen LogP contribution in [0.3, 0.4) is 0 Å². The van der Waals surface area contributed by atoms with E-state index < -0.39 is 29.1 Å². The van der Waals surface area contributed by atoms with Crippen molar-refractivity contribution in [3.05, 3.63) is 64.6 Å². The van der Waals surface area contributed by atoms with Gasteiger partial charge in [0.1, 0.15) is 17.4 Å². The highest BCUT2D eigenvalue weighted by Gasteiger charge is 2.42. The third kappa shape index (κ3) is 3.47. The van der Waals surface area contributed by atoms with Gasteiger partial charge in [-0.05, 0) is 18.2 Å². The number of hydrogen-bond acceptors (Lipinski definition) is 4. The van der Waals surface area contributed by atoms with Gasteiger partial charge in [-0.15, -0.1) is 11.8 Å². The van der Waals surface area contributed by atoms with Gasteiger partial charge in [0.15, 0.2) is 0 Å². The fourth-order valence-electron chi connectivity index (χ4n) is 2.82. The minimum absolute atomic E-state index is 0.00114. The standard InChI is InChI=1S/C20H17F2NO3S/c1-11(2)27-18-17(13-6-4-5-7-16(13)26-3)19(24)23(20(18)25)15-10-12(21)8-9-14(15)22/h4-11H,1-3H3. The predicted octanol–water partition coefficient (Wildman–Crippen LogP) is 4.40. The van der Waals surface area contributed by atoms with Gasteiger partial charge in [0.2, 0.25) is 0 Å². The zero-order valence-corrected chi connectivity index (χ0v) is 15.8. The Morgan fingerprint density at radius 2 is 1.74 bits per heavy atom. The van der Waals surface area contributed by atoms with Gasteiger partial charge < -0.3 is 4.74 Å². The molecule has 0 atom stereocenters. The van der Waals surface area contributed by atoms with Crippen LogP contribution in [0.1, 0.15) is 19.4 Å². The lowest BCUT2D eigenvalue weighted by atomic mass is 10.0. The largest absolute Gasteiger partial charge is 0.496 e. The monoisotopic (exact) mass is 389 g/mol. The van der Waals surface area contributed by atoms with E-state index in [1.165, 1.54) is 18.9 Å². The second kappa shape index (κ2) is 7.52.